The largest absolute Gasteiger partial charge is 0.478 e. The van der Waals surface area contributed by atoms with Crippen molar-refractivity contribution in [2.24, 2.45) is 0 Å². The Bertz CT molecular complexity index is 462. The van der Waals surface area contributed by atoms with Gasteiger partial charge in [0.15, 0.2) is 0 Å². The fourth-order valence-corrected chi connectivity index (χ4v) is 1.06. The van der Waals surface area contributed by atoms with Gasteiger partial charge < -0.3 is 5.11 Å². The molecular weight excluding hydrogens is 250 g/mol. The molecule has 92 valence electrons. The quantitative estimate of drug-likeness (QED) is 0.498. The summed E-state index contributed by atoms with van der Waals surface area (Å²) in [4.78, 5) is 19.3. The second-order valence-electron chi connectivity index (χ2n) is 2.92. The van der Waals surface area contributed by atoms with Gasteiger partial charge in [0.1, 0.15) is 5.56 Å². The van der Waals surface area contributed by atoms with Crippen LogP contribution in [0, 0.1) is 15.9 Å². The van der Waals surface area contributed by atoms with E-state index in [1.165, 1.54) is 0 Å². The van der Waals surface area contributed by atoms with Gasteiger partial charge in [-0.05, 0) is 6.07 Å². The first-order chi connectivity index (χ1) is 7.64. The zero-order chi connectivity index (χ0) is 13.4. The molecule has 0 saturated carbocycles. The van der Waals surface area contributed by atoms with Crippen LogP contribution in [0.1, 0.15) is 15.9 Å². The number of hydrogen-bond acceptors (Lipinski definition) is 3. The predicted octanol–water partition coefficient (Wildman–Crippen LogP) is 2.45. The Labute approximate surface area is 90.4 Å². The van der Waals surface area contributed by atoms with E-state index >= 15 is 0 Å². The van der Waals surface area contributed by atoms with E-state index in [0.717, 1.165) is 0 Å². The molecule has 1 aromatic rings. The Balaban J connectivity index is 3.59. The highest BCUT2D eigenvalue weighted by molar-refractivity contribution is 5.89. The van der Waals surface area contributed by atoms with Gasteiger partial charge >= 0.3 is 17.8 Å². The van der Waals surface area contributed by atoms with Crippen LogP contribution in [0.5, 0.6) is 0 Å². The minimum Gasteiger partial charge on any atom is -0.478 e. The Morgan fingerprint density at radius 2 is 1.88 bits per heavy atom. The summed E-state index contributed by atoms with van der Waals surface area (Å²) in [6.07, 6.45) is -5.00. The van der Waals surface area contributed by atoms with E-state index < -0.39 is 39.7 Å². The summed E-state index contributed by atoms with van der Waals surface area (Å²) in [6.45, 7) is 0. The summed E-state index contributed by atoms with van der Waals surface area (Å²) in [6, 6.07) is -0.0492. The van der Waals surface area contributed by atoms with Gasteiger partial charge in [0.2, 0.25) is 5.82 Å². The van der Waals surface area contributed by atoms with E-state index in [1.807, 2.05) is 0 Å². The number of nitro groups is 1. The number of nitrogens with zero attached hydrogens (tertiary/aromatic N) is 1. The number of nitro benzene ring substituents is 1. The van der Waals surface area contributed by atoms with Crippen LogP contribution in [-0.2, 0) is 6.18 Å². The van der Waals surface area contributed by atoms with Crippen LogP contribution in [-0.4, -0.2) is 16.0 Å². The van der Waals surface area contributed by atoms with Crippen molar-refractivity contribution in [2.45, 2.75) is 6.18 Å². The molecular formula is C8H3F4NO4. The van der Waals surface area contributed by atoms with Gasteiger partial charge in [-0.1, -0.05) is 0 Å². The Hall–Kier alpha value is -2.19. The third-order valence-electron chi connectivity index (χ3n) is 1.81. The molecule has 17 heavy (non-hydrogen) atoms. The molecule has 1 N–H and O–H groups in total. The zero-order valence-electron chi connectivity index (χ0n) is 7.79. The number of halogens is 4. The van der Waals surface area contributed by atoms with Crippen molar-refractivity contribution < 1.29 is 32.4 Å². The topological polar surface area (TPSA) is 80.4 Å². The molecule has 0 aliphatic carbocycles. The summed E-state index contributed by atoms with van der Waals surface area (Å²) in [5, 5.41) is 18.7. The van der Waals surface area contributed by atoms with Gasteiger partial charge in [-0.25, -0.2) is 4.79 Å². The number of hydrogen-bond donors (Lipinski definition) is 1. The molecule has 0 atom stereocenters. The lowest BCUT2D eigenvalue weighted by Crippen LogP contribution is -2.11. The van der Waals surface area contributed by atoms with Crippen molar-refractivity contribution in [2.75, 3.05) is 0 Å². The molecule has 0 aliphatic rings. The minimum atomic E-state index is -5.00. The first-order valence-electron chi connectivity index (χ1n) is 3.93. The van der Waals surface area contributed by atoms with Gasteiger partial charge in [-0.15, -0.1) is 0 Å². The number of carbonyl (C=O) groups is 1. The Morgan fingerprint density at radius 1 is 1.35 bits per heavy atom. The lowest BCUT2D eigenvalue weighted by molar-refractivity contribution is -0.387. The summed E-state index contributed by atoms with van der Waals surface area (Å²) >= 11 is 0. The maximum Gasteiger partial charge on any atom is 0.416 e. The molecule has 0 amide bonds. The average molecular weight is 253 g/mol. The Kier molecular flexibility index (Phi) is 3.03. The number of alkyl halides is 3. The van der Waals surface area contributed by atoms with Crippen LogP contribution in [0.3, 0.4) is 0 Å². The fraction of sp³-hybridized carbons (Fsp3) is 0.125. The van der Waals surface area contributed by atoms with E-state index in [2.05, 4.69) is 0 Å². The molecule has 1 rings (SSSR count). The molecule has 0 fully saturated rings. The zero-order valence-corrected chi connectivity index (χ0v) is 7.79. The van der Waals surface area contributed by atoms with Gasteiger partial charge in [-0.3, -0.25) is 10.1 Å². The van der Waals surface area contributed by atoms with E-state index in [-0.39, 0.29) is 12.1 Å². The van der Waals surface area contributed by atoms with Crippen molar-refractivity contribution in [3.63, 3.8) is 0 Å². The van der Waals surface area contributed by atoms with Crippen LogP contribution in [0.2, 0.25) is 0 Å². The first-order valence-corrected chi connectivity index (χ1v) is 3.93. The molecule has 0 aromatic heterocycles. The second kappa shape index (κ2) is 4.00. The van der Waals surface area contributed by atoms with Crippen LogP contribution in [0.4, 0.5) is 23.2 Å². The first kappa shape index (κ1) is 12.9. The second-order valence-corrected chi connectivity index (χ2v) is 2.92. The summed E-state index contributed by atoms with van der Waals surface area (Å²) in [7, 11) is 0. The smallest absolute Gasteiger partial charge is 0.416 e. The van der Waals surface area contributed by atoms with Crippen molar-refractivity contribution in [3.8, 4) is 0 Å². The van der Waals surface area contributed by atoms with E-state index in [4.69, 9.17) is 5.11 Å². The number of benzene rings is 1. The maximum atomic E-state index is 13.2. The molecule has 1 aromatic carbocycles. The van der Waals surface area contributed by atoms with Gasteiger partial charge in [0.05, 0.1) is 10.5 Å². The van der Waals surface area contributed by atoms with Crippen molar-refractivity contribution in [1.29, 1.82) is 0 Å². The molecule has 0 aliphatic heterocycles. The minimum absolute atomic E-state index is 0.00463. The summed E-state index contributed by atoms with van der Waals surface area (Å²) in [5.41, 5.74) is -4.52. The third-order valence-corrected chi connectivity index (χ3v) is 1.81. The summed E-state index contributed by atoms with van der Waals surface area (Å²) in [5.74, 6) is -3.83. The number of aromatic carboxylic acids is 1. The molecule has 0 heterocycles. The highest BCUT2D eigenvalue weighted by Gasteiger charge is 2.36. The van der Waals surface area contributed by atoms with Crippen LogP contribution < -0.4 is 0 Å². The number of carboxylic acids is 1. The predicted molar refractivity (Wildman–Crippen MR) is 45.0 cm³/mol. The normalized spacial score (nSPS) is 11.3. The van der Waals surface area contributed by atoms with Crippen molar-refractivity contribution in [1.82, 2.24) is 0 Å². The van der Waals surface area contributed by atoms with Gasteiger partial charge in [0.25, 0.3) is 0 Å². The van der Waals surface area contributed by atoms with E-state index in [1.54, 1.807) is 0 Å². The van der Waals surface area contributed by atoms with Gasteiger partial charge in [0, 0.05) is 6.07 Å². The lowest BCUT2D eigenvalue weighted by atomic mass is 10.1. The standard InChI is InChI=1S/C8H3F4NO4/c9-6-4(7(14)15)1-3(8(10,11)12)2-5(6)13(16)17/h1-2H,(H,14,15). The molecule has 0 bridgehead atoms. The van der Waals surface area contributed by atoms with Crippen LogP contribution in [0.25, 0.3) is 0 Å². The highest BCUT2D eigenvalue weighted by Crippen LogP contribution is 2.34. The van der Waals surface area contributed by atoms with Crippen molar-refractivity contribution in [3.05, 3.63) is 39.2 Å². The lowest BCUT2D eigenvalue weighted by Gasteiger charge is -2.08. The number of rotatable bonds is 2. The summed E-state index contributed by atoms with van der Waals surface area (Å²) < 4.78 is 50.0. The third kappa shape index (κ3) is 2.49. The van der Waals surface area contributed by atoms with Crippen LogP contribution in [0.15, 0.2) is 12.1 Å². The van der Waals surface area contributed by atoms with Gasteiger partial charge in [-0.2, -0.15) is 17.6 Å². The molecule has 0 radical (unpaired) electrons. The maximum absolute atomic E-state index is 13.2. The molecule has 0 unspecified atom stereocenters. The average Bonchev–Trinajstić information content (AvgIpc) is 2.14. The molecule has 5 nitrogen and oxygen atoms in total. The highest BCUT2D eigenvalue weighted by atomic mass is 19.4. The van der Waals surface area contributed by atoms with Crippen molar-refractivity contribution >= 4 is 11.7 Å². The Morgan fingerprint density at radius 3 is 2.24 bits per heavy atom. The van der Waals surface area contributed by atoms with Crippen LogP contribution >= 0.6 is 0 Å². The molecule has 0 saturated heterocycles. The fourth-order valence-electron chi connectivity index (χ4n) is 1.06. The molecule has 9 heteroatoms. The SMILES string of the molecule is O=C(O)c1cc(C(F)(F)F)cc([N+](=O)[O-])c1F. The van der Waals surface area contributed by atoms with E-state index in [0.29, 0.717) is 0 Å². The monoisotopic (exact) mass is 253 g/mol. The molecule has 0 spiro atoms. The number of carboxylic acid groups (broad SMARTS) is 1. The van der Waals surface area contributed by atoms with E-state index in [9.17, 15) is 32.5 Å².